The van der Waals surface area contributed by atoms with E-state index in [1.807, 2.05) is 26.0 Å². The Hall–Kier alpha value is -0.810. The van der Waals surface area contributed by atoms with Crippen molar-refractivity contribution < 1.29 is 14.6 Å². The number of ether oxygens (including phenoxy) is 1. The third-order valence-electron chi connectivity index (χ3n) is 13.9. The number of hydrogen-bond acceptors (Lipinski definition) is 3. The highest BCUT2D eigenvalue weighted by Gasteiger charge is 2.83. The number of hydrogen-bond donors (Lipinski definition) is 1. The van der Waals surface area contributed by atoms with Crippen LogP contribution in [0.25, 0.3) is 0 Å². The Morgan fingerprint density at radius 3 is 2.31 bits per heavy atom. The van der Waals surface area contributed by atoms with Crippen LogP contribution >= 0.6 is 0 Å². The molecule has 36 heavy (non-hydrogen) atoms. The van der Waals surface area contributed by atoms with Crippen molar-refractivity contribution in [2.24, 2.45) is 50.7 Å². The van der Waals surface area contributed by atoms with E-state index in [9.17, 15) is 9.90 Å². The van der Waals surface area contributed by atoms with E-state index in [0.717, 1.165) is 18.8 Å². The molecule has 11 unspecified atom stereocenters. The number of likely N-dealkylation sites (N-methyl/N-ethyl adjacent to an activating group) is 1. The van der Waals surface area contributed by atoms with Gasteiger partial charge in [0.1, 0.15) is 0 Å². The lowest BCUT2D eigenvalue weighted by atomic mass is 9.41. The number of urea groups is 1. The molecule has 5 saturated carbocycles. The number of carbonyl (C=O) groups excluding carboxylic acids is 1. The summed E-state index contributed by atoms with van der Waals surface area (Å²) in [6.45, 7) is 13.2. The van der Waals surface area contributed by atoms with Gasteiger partial charge in [0, 0.05) is 27.7 Å². The van der Waals surface area contributed by atoms with E-state index in [0.29, 0.717) is 52.1 Å². The van der Waals surface area contributed by atoms with E-state index in [-0.39, 0.29) is 23.7 Å². The highest BCUT2D eigenvalue weighted by atomic mass is 16.5. The van der Waals surface area contributed by atoms with Gasteiger partial charge >= 0.3 is 6.03 Å². The minimum absolute atomic E-state index is 0.0545. The fourth-order valence-electron chi connectivity index (χ4n) is 12.3. The van der Waals surface area contributed by atoms with E-state index in [2.05, 4.69) is 34.6 Å². The third-order valence-corrected chi connectivity index (χ3v) is 13.9. The van der Waals surface area contributed by atoms with E-state index in [1.165, 1.54) is 44.9 Å². The summed E-state index contributed by atoms with van der Waals surface area (Å²) in [6, 6.07) is 0.0608. The van der Waals surface area contributed by atoms with Gasteiger partial charge in [-0.15, -0.1) is 0 Å². The number of nitrogens with zero attached hydrogens (tertiary/aromatic N) is 2. The lowest BCUT2D eigenvalue weighted by molar-refractivity contribution is -0.166. The van der Waals surface area contributed by atoms with Crippen molar-refractivity contribution >= 4 is 6.03 Å². The standard InChI is InChI=1S/C31H52N2O3/c1-19-15-20(17-33(8)26(35)32(6)7)36-21-16-29(5)23-10-9-22-27(2,3)24(34)11-12-30(22)18-31(23,30)14-13-28(29,4)25(19)21/h19-25,34H,9-18H2,1-8H3. The van der Waals surface area contributed by atoms with Crippen LogP contribution in [-0.2, 0) is 4.74 Å². The van der Waals surface area contributed by atoms with Crippen LogP contribution in [-0.4, -0.2) is 66.9 Å². The highest BCUT2D eigenvalue weighted by molar-refractivity contribution is 5.73. The van der Waals surface area contributed by atoms with Crippen molar-refractivity contribution in [1.29, 1.82) is 0 Å². The van der Waals surface area contributed by atoms with Gasteiger partial charge in [-0.3, -0.25) is 0 Å². The number of amides is 2. The predicted molar refractivity (Wildman–Crippen MR) is 142 cm³/mol. The van der Waals surface area contributed by atoms with Crippen molar-refractivity contribution in [2.75, 3.05) is 27.7 Å². The molecule has 0 bridgehead atoms. The van der Waals surface area contributed by atoms with Crippen molar-refractivity contribution in [3.8, 4) is 0 Å². The number of rotatable bonds is 2. The zero-order valence-corrected chi connectivity index (χ0v) is 24.3. The molecule has 204 valence electrons. The average molecular weight is 501 g/mol. The van der Waals surface area contributed by atoms with Crippen LogP contribution in [0.15, 0.2) is 0 Å². The molecule has 0 aromatic rings. The van der Waals surface area contributed by atoms with Gasteiger partial charge in [-0.05, 0) is 109 Å². The van der Waals surface area contributed by atoms with Gasteiger partial charge in [-0.25, -0.2) is 4.79 Å². The molecule has 1 heterocycles. The second-order valence-electron chi connectivity index (χ2n) is 15.7. The molecule has 1 aliphatic heterocycles. The normalized spacial score (nSPS) is 54.3. The summed E-state index contributed by atoms with van der Waals surface area (Å²) in [4.78, 5) is 16.0. The third kappa shape index (κ3) is 2.94. The Balaban J connectivity index is 1.26. The van der Waals surface area contributed by atoms with E-state index in [1.54, 1.807) is 4.90 Å². The first-order valence-electron chi connectivity index (χ1n) is 15.0. The minimum Gasteiger partial charge on any atom is -0.393 e. The fraction of sp³-hybridized carbons (Fsp3) is 0.968. The van der Waals surface area contributed by atoms with Gasteiger partial charge in [-0.1, -0.05) is 34.6 Å². The molecule has 0 aromatic carbocycles. The van der Waals surface area contributed by atoms with Crippen molar-refractivity contribution in [1.82, 2.24) is 9.80 Å². The van der Waals surface area contributed by atoms with Crippen molar-refractivity contribution in [3.05, 3.63) is 0 Å². The number of aliphatic hydroxyl groups excluding tert-OH is 1. The van der Waals surface area contributed by atoms with Gasteiger partial charge in [0.2, 0.25) is 0 Å². The van der Waals surface area contributed by atoms with Gasteiger partial charge in [0.15, 0.2) is 0 Å². The van der Waals surface area contributed by atoms with Crippen LogP contribution in [0.1, 0.15) is 92.4 Å². The molecule has 5 aliphatic carbocycles. The van der Waals surface area contributed by atoms with Crippen LogP contribution < -0.4 is 0 Å². The largest absolute Gasteiger partial charge is 0.393 e. The molecule has 0 radical (unpaired) electrons. The predicted octanol–water partition coefficient (Wildman–Crippen LogP) is 5.80. The molecular formula is C31H52N2O3. The molecule has 6 rings (SSSR count). The van der Waals surface area contributed by atoms with E-state index in [4.69, 9.17) is 4.74 Å². The van der Waals surface area contributed by atoms with E-state index < -0.39 is 0 Å². The quantitative estimate of drug-likeness (QED) is 0.521. The maximum absolute atomic E-state index is 12.5. The Labute approximate surface area is 219 Å². The minimum atomic E-state index is -0.134. The van der Waals surface area contributed by atoms with Crippen LogP contribution in [0.5, 0.6) is 0 Å². The molecular weight excluding hydrogens is 448 g/mol. The topological polar surface area (TPSA) is 53.0 Å². The molecule has 5 nitrogen and oxygen atoms in total. The van der Waals surface area contributed by atoms with Gasteiger partial charge in [0.25, 0.3) is 0 Å². The van der Waals surface area contributed by atoms with E-state index >= 15 is 0 Å². The average Bonchev–Trinajstić information content (AvgIpc) is 3.39. The fourth-order valence-corrected chi connectivity index (χ4v) is 12.3. The molecule has 6 aliphatic rings. The number of aliphatic hydroxyl groups is 1. The zero-order chi connectivity index (χ0) is 26.1. The van der Waals surface area contributed by atoms with Crippen LogP contribution in [0.3, 0.4) is 0 Å². The maximum Gasteiger partial charge on any atom is 0.319 e. The van der Waals surface area contributed by atoms with Crippen molar-refractivity contribution in [3.63, 3.8) is 0 Å². The lowest BCUT2D eigenvalue weighted by Crippen LogP contribution is -2.58. The first-order valence-corrected chi connectivity index (χ1v) is 15.0. The molecule has 5 heteroatoms. The molecule has 11 atom stereocenters. The van der Waals surface area contributed by atoms with Crippen LogP contribution in [0, 0.1) is 50.7 Å². The smallest absolute Gasteiger partial charge is 0.319 e. The molecule has 2 amide bonds. The Bertz CT molecular complexity index is 935. The maximum atomic E-state index is 12.5. The SMILES string of the molecule is CC1CC(CN(C)C(=O)N(C)C)OC2CC3(C)C4CCC5C(C)(C)C(O)CCC56CC46CCC3(C)C12. The van der Waals surface area contributed by atoms with Crippen LogP contribution in [0.2, 0.25) is 0 Å². The van der Waals surface area contributed by atoms with Gasteiger partial charge < -0.3 is 19.6 Å². The summed E-state index contributed by atoms with van der Waals surface area (Å²) in [7, 11) is 5.56. The second kappa shape index (κ2) is 7.64. The Kier molecular flexibility index (Phi) is 5.41. The summed E-state index contributed by atoms with van der Waals surface area (Å²) in [5, 5.41) is 10.9. The summed E-state index contributed by atoms with van der Waals surface area (Å²) in [6.07, 6.45) is 11.6. The molecule has 1 saturated heterocycles. The summed E-state index contributed by atoms with van der Waals surface area (Å²) >= 11 is 0. The van der Waals surface area contributed by atoms with Crippen molar-refractivity contribution in [2.45, 2.75) is 111 Å². The zero-order valence-electron chi connectivity index (χ0n) is 24.3. The first-order chi connectivity index (χ1) is 16.7. The molecule has 6 fully saturated rings. The van der Waals surface area contributed by atoms with Crippen LogP contribution in [0.4, 0.5) is 4.79 Å². The highest BCUT2D eigenvalue weighted by Crippen LogP contribution is 2.89. The Morgan fingerprint density at radius 2 is 1.61 bits per heavy atom. The first kappa shape index (κ1) is 25.5. The number of carbonyl (C=O) groups is 1. The monoisotopic (exact) mass is 500 g/mol. The van der Waals surface area contributed by atoms with Gasteiger partial charge in [-0.2, -0.15) is 0 Å². The number of fused-ring (bicyclic) bond motifs is 4. The molecule has 1 N–H and O–H groups in total. The summed E-state index contributed by atoms with van der Waals surface area (Å²) < 4.78 is 6.94. The molecule has 0 aromatic heterocycles. The van der Waals surface area contributed by atoms with Gasteiger partial charge in [0.05, 0.1) is 18.3 Å². The lowest BCUT2D eigenvalue weighted by Gasteiger charge is -2.63. The summed E-state index contributed by atoms with van der Waals surface area (Å²) in [5.74, 6) is 2.74. The molecule has 2 spiro atoms. The Morgan fingerprint density at radius 1 is 0.944 bits per heavy atom. The summed E-state index contributed by atoms with van der Waals surface area (Å²) in [5.41, 5.74) is 1.71. The second-order valence-corrected chi connectivity index (χ2v) is 15.7.